The molecule has 2 heterocycles. The van der Waals surface area contributed by atoms with Crippen molar-refractivity contribution in [3.8, 4) is 0 Å². The van der Waals surface area contributed by atoms with Crippen LogP contribution in [0.15, 0.2) is 35.4 Å². The Kier molecular flexibility index (Phi) is 2.09. The predicted octanol–water partition coefficient (Wildman–Crippen LogP) is 1.33. The summed E-state index contributed by atoms with van der Waals surface area (Å²) in [7, 11) is 0. The minimum Gasteiger partial charge on any atom is -0.268 e. The maximum absolute atomic E-state index is 11.4. The number of rotatable bonds is 2. The number of thiazole rings is 1. The Morgan fingerprint density at radius 2 is 2.23 bits per heavy atom. The molecule has 0 fully saturated rings. The van der Waals surface area contributed by atoms with E-state index in [2.05, 4.69) is 10.4 Å². The van der Waals surface area contributed by atoms with E-state index in [9.17, 15) is 4.79 Å². The minimum atomic E-state index is -0.197. The number of nitrogens with zero attached hydrogens (tertiary/aromatic N) is 2. The Labute approximate surface area is 78.8 Å². The second-order valence-electron chi connectivity index (χ2n) is 2.40. The van der Waals surface area contributed by atoms with Gasteiger partial charge in [0.2, 0.25) is 0 Å². The van der Waals surface area contributed by atoms with Crippen LogP contribution in [-0.4, -0.2) is 15.6 Å². The van der Waals surface area contributed by atoms with E-state index in [1.807, 2.05) is 12.1 Å². The zero-order valence-electron chi connectivity index (χ0n) is 6.68. The van der Waals surface area contributed by atoms with Crippen molar-refractivity contribution in [3.05, 3.63) is 41.1 Å². The first-order valence-electron chi connectivity index (χ1n) is 3.69. The van der Waals surface area contributed by atoms with Crippen LogP contribution in [0.4, 0.5) is 0 Å². The SMILES string of the molecule is O=C(Nn1cccc1)c1cscn1. The minimum absolute atomic E-state index is 0.197. The van der Waals surface area contributed by atoms with Gasteiger partial charge in [-0.1, -0.05) is 0 Å². The van der Waals surface area contributed by atoms with Crippen LogP contribution >= 0.6 is 11.3 Å². The molecule has 2 aromatic heterocycles. The van der Waals surface area contributed by atoms with Gasteiger partial charge in [-0.15, -0.1) is 11.3 Å². The molecule has 2 aromatic rings. The van der Waals surface area contributed by atoms with Crippen LogP contribution in [-0.2, 0) is 0 Å². The van der Waals surface area contributed by atoms with Gasteiger partial charge in [0, 0.05) is 17.8 Å². The van der Waals surface area contributed by atoms with Crippen molar-refractivity contribution in [1.29, 1.82) is 0 Å². The van der Waals surface area contributed by atoms with Gasteiger partial charge in [0.25, 0.3) is 5.91 Å². The van der Waals surface area contributed by atoms with Gasteiger partial charge in [-0.25, -0.2) is 4.98 Å². The summed E-state index contributed by atoms with van der Waals surface area (Å²) in [6.07, 6.45) is 3.51. The summed E-state index contributed by atoms with van der Waals surface area (Å²) in [5.41, 5.74) is 4.72. The van der Waals surface area contributed by atoms with Crippen molar-refractivity contribution in [3.63, 3.8) is 0 Å². The highest BCUT2D eigenvalue weighted by molar-refractivity contribution is 7.07. The molecule has 2 rings (SSSR count). The van der Waals surface area contributed by atoms with Crippen LogP contribution < -0.4 is 5.43 Å². The monoisotopic (exact) mass is 193 g/mol. The van der Waals surface area contributed by atoms with Crippen molar-refractivity contribution in [1.82, 2.24) is 9.66 Å². The number of hydrogen-bond donors (Lipinski definition) is 1. The summed E-state index contributed by atoms with van der Waals surface area (Å²) in [6, 6.07) is 3.67. The average Bonchev–Trinajstić information content (AvgIpc) is 2.74. The standard InChI is InChI=1S/C8H7N3OS/c12-8(7-5-13-6-9-7)10-11-3-1-2-4-11/h1-6H,(H,10,12). The Bertz CT molecular complexity index is 379. The third-order valence-corrected chi connectivity index (χ3v) is 2.09. The molecule has 0 aliphatic heterocycles. The zero-order valence-corrected chi connectivity index (χ0v) is 7.49. The molecule has 4 nitrogen and oxygen atoms in total. The summed E-state index contributed by atoms with van der Waals surface area (Å²) >= 11 is 1.40. The largest absolute Gasteiger partial charge is 0.289 e. The van der Waals surface area contributed by atoms with Crippen LogP contribution in [0.1, 0.15) is 10.5 Å². The van der Waals surface area contributed by atoms with E-state index in [1.54, 1.807) is 28.0 Å². The van der Waals surface area contributed by atoms with Crippen molar-refractivity contribution in [2.24, 2.45) is 0 Å². The van der Waals surface area contributed by atoms with Gasteiger partial charge >= 0.3 is 0 Å². The van der Waals surface area contributed by atoms with Gasteiger partial charge in [-0.05, 0) is 12.1 Å². The molecule has 0 aliphatic carbocycles. The second kappa shape index (κ2) is 3.40. The molecule has 0 atom stereocenters. The van der Waals surface area contributed by atoms with Crippen LogP contribution in [0, 0.1) is 0 Å². The number of nitrogens with one attached hydrogen (secondary N) is 1. The van der Waals surface area contributed by atoms with E-state index in [4.69, 9.17) is 0 Å². The molecule has 13 heavy (non-hydrogen) atoms. The summed E-state index contributed by atoms with van der Waals surface area (Å²) in [5, 5.41) is 1.71. The Morgan fingerprint density at radius 1 is 1.46 bits per heavy atom. The fourth-order valence-electron chi connectivity index (χ4n) is 0.908. The lowest BCUT2D eigenvalue weighted by Gasteiger charge is -2.02. The third-order valence-electron chi connectivity index (χ3n) is 1.50. The fraction of sp³-hybridized carbons (Fsp3) is 0. The molecule has 0 saturated heterocycles. The molecular formula is C8H7N3OS. The Hall–Kier alpha value is -1.62. The lowest BCUT2D eigenvalue weighted by molar-refractivity contribution is 0.100. The number of aromatic nitrogens is 2. The predicted molar refractivity (Wildman–Crippen MR) is 50.2 cm³/mol. The van der Waals surface area contributed by atoms with Gasteiger partial charge in [0.15, 0.2) is 0 Å². The summed E-state index contributed by atoms with van der Waals surface area (Å²) in [5.74, 6) is -0.197. The summed E-state index contributed by atoms with van der Waals surface area (Å²) < 4.78 is 1.58. The molecule has 0 radical (unpaired) electrons. The van der Waals surface area contributed by atoms with E-state index in [0.717, 1.165) is 0 Å². The molecule has 1 N–H and O–H groups in total. The molecule has 66 valence electrons. The number of amides is 1. The Morgan fingerprint density at radius 3 is 2.85 bits per heavy atom. The number of carbonyl (C=O) groups excluding carboxylic acids is 1. The number of carbonyl (C=O) groups is 1. The van der Waals surface area contributed by atoms with Crippen LogP contribution in [0.25, 0.3) is 0 Å². The molecule has 0 spiro atoms. The summed E-state index contributed by atoms with van der Waals surface area (Å²) in [4.78, 5) is 15.3. The quantitative estimate of drug-likeness (QED) is 0.782. The Balaban J connectivity index is 2.08. The smallest absolute Gasteiger partial charge is 0.268 e. The highest BCUT2D eigenvalue weighted by atomic mass is 32.1. The fourth-order valence-corrected chi connectivity index (χ4v) is 1.44. The maximum Gasteiger partial charge on any atom is 0.289 e. The van der Waals surface area contributed by atoms with E-state index >= 15 is 0 Å². The molecule has 0 aliphatic rings. The van der Waals surface area contributed by atoms with Crippen LogP contribution in [0.5, 0.6) is 0 Å². The molecular weight excluding hydrogens is 186 g/mol. The second-order valence-corrected chi connectivity index (χ2v) is 3.12. The highest BCUT2D eigenvalue weighted by Gasteiger charge is 2.06. The van der Waals surface area contributed by atoms with E-state index < -0.39 is 0 Å². The van der Waals surface area contributed by atoms with Crippen molar-refractivity contribution in [2.45, 2.75) is 0 Å². The highest BCUT2D eigenvalue weighted by Crippen LogP contribution is 2.00. The van der Waals surface area contributed by atoms with E-state index in [0.29, 0.717) is 5.69 Å². The van der Waals surface area contributed by atoms with Gasteiger partial charge in [0.05, 0.1) is 5.51 Å². The molecule has 0 saturated carbocycles. The lowest BCUT2D eigenvalue weighted by atomic mass is 10.5. The van der Waals surface area contributed by atoms with E-state index in [1.165, 1.54) is 11.3 Å². The third kappa shape index (κ3) is 1.75. The normalized spacial score (nSPS) is 9.85. The molecule has 1 amide bonds. The molecule has 0 unspecified atom stereocenters. The lowest BCUT2D eigenvalue weighted by Crippen LogP contribution is -2.21. The topological polar surface area (TPSA) is 46.9 Å². The molecule has 0 aromatic carbocycles. The van der Waals surface area contributed by atoms with Gasteiger partial charge in [0.1, 0.15) is 5.69 Å². The maximum atomic E-state index is 11.4. The van der Waals surface area contributed by atoms with Gasteiger partial charge < -0.3 is 0 Å². The first-order valence-corrected chi connectivity index (χ1v) is 4.63. The number of hydrogen-bond acceptors (Lipinski definition) is 3. The zero-order chi connectivity index (χ0) is 9.10. The first-order chi connectivity index (χ1) is 6.36. The average molecular weight is 193 g/mol. The van der Waals surface area contributed by atoms with Crippen molar-refractivity contribution < 1.29 is 4.79 Å². The van der Waals surface area contributed by atoms with Gasteiger partial charge in [-0.2, -0.15) is 0 Å². The van der Waals surface area contributed by atoms with Gasteiger partial charge in [-0.3, -0.25) is 14.9 Å². The van der Waals surface area contributed by atoms with E-state index in [-0.39, 0.29) is 5.91 Å². The molecule has 5 heteroatoms. The first kappa shape index (κ1) is 8.00. The van der Waals surface area contributed by atoms with Crippen molar-refractivity contribution >= 4 is 17.2 Å². The molecule has 0 bridgehead atoms. The van der Waals surface area contributed by atoms with Crippen LogP contribution in [0.3, 0.4) is 0 Å². The van der Waals surface area contributed by atoms with Crippen molar-refractivity contribution in [2.75, 3.05) is 5.43 Å². The summed E-state index contributed by atoms with van der Waals surface area (Å²) in [6.45, 7) is 0. The van der Waals surface area contributed by atoms with Crippen LogP contribution in [0.2, 0.25) is 0 Å².